The molecule has 0 bridgehead atoms. The molecule has 94 heavy (non-hydrogen) atoms. The Balaban J connectivity index is 0.000000192. The van der Waals surface area contributed by atoms with Crippen LogP contribution in [0.5, 0.6) is 11.5 Å². The summed E-state index contributed by atoms with van der Waals surface area (Å²) in [5, 5.41) is 18.8. The number of rotatable bonds is 16. The molecule has 2 N–H and O–H groups in total. The summed E-state index contributed by atoms with van der Waals surface area (Å²) in [5.74, 6) is -0.172. The number of carbonyl (C=O) groups excluding carboxylic acids is 2. The molecule has 2 atom stereocenters. The molecule has 2 aromatic heterocycles. The number of benzene rings is 6. The molecule has 12 rings (SSSR count). The predicted octanol–water partition coefficient (Wildman–Crippen LogP) is 14.9. The fraction of sp³-hybridized carbons (Fsp3) is 0.314. The smallest absolute Gasteiger partial charge is 0.416 e. The van der Waals surface area contributed by atoms with Crippen molar-refractivity contribution in [3.63, 3.8) is 0 Å². The van der Waals surface area contributed by atoms with Gasteiger partial charge in [0.1, 0.15) is 11.5 Å². The van der Waals surface area contributed by atoms with Gasteiger partial charge in [-0.3, -0.25) is 9.80 Å². The average molecular weight is 1290 g/mol. The highest BCUT2D eigenvalue weighted by molar-refractivity contribution is 5.91. The second-order valence-corrected chi connectivity index (χ2v) is 24.5. The number of aryl methyl sites for hydroxylation is 4. The molecule has 24 heteroatoms. The largest absolute Gasteiger partial charge is 0.496 e. The molecular formula is C70H66F6N8O10. The standard InChI is InChI=1S/2C35H33F3N4O5/c2*1-19-12-23(15-24(13-19)35(36,37)38)30-34(10-11-34)42(33(45)47-30)18-28-27(17-39-32(40-28)41(3)4)26-16-21(7-9-29(26)46-5)25-8-6-22(31(43)44)14-20(25)2/h2*6-9,12-17,30H,10-11,18H2,1-5H3,(H,43,44)/t2*30-/m10/s1. The molecule has 18 nitrogen and oxygen atoms in total. The average Bonchev–Trinajstić information content (AvgIpc) is 1.56. The van der Waals surface area contributed by atoms with Gasteiger partial charge in [-0.2, -0.15) is 26.3 Å². The summed E-state index contributed by atoms with van der Waals surface area (Å²) >= 11 is 0. The summed E-state index contributed by atoms with van der Waals surface area (Å²) in [6.07, 6.45) is -6.52. The van der Waals surface area contributed by atoms with E-state index < -0.39 is 70.9 Å². The lowest BCUT2D eigenvalue weighted by molar-refractivity contribution is -0.138. The van der Waals surface area contributed by atoms with Crippen LogP contribution in [-0.4, -0.2) is 118 Å². The normalized spacial score (nSPS) is 16.7. The van der Waals surface area contributed by atoms with E-state index in [1.54, 1.807) is 149 Å². The zero-order valence-corrected chi connectivity index (χ0v) is 53.0. The number of cyclic esters (lactones) is 2. The number of hydrogen-bond acceptors (Lipinski definition) is 14. The Hall–Kier alpha value is -10.3. The summed E-state index contributed by atoms with van der Waals surface area (Å²) in [6.45, 7) is 6.89. The molecular weight excluding hydrogens is 1230 g/mol. The van der Waals surface area contributed by atoms with Gasteiger partial charge in [-0.25, -0.2) is 39.1 Å². The molecule has 0 radical (unpaired) electrons. The zero-order chi connectivity index (χ0) is 67.7. The SMILES string of the molecule is COc1ccc(-c2ccc(C(=O)O)cc2C)cc1-c1cnc(N(C)C)nc1CN1C(=O)O[C@@H](c2cc(C)cc(C(F)(F)F)c2)C12CC2.COc1ccc(-c2ccc(C(=O)O)cc2C)cc1-c1cnc(N(C)C)nc1CN1C(=O)O[C@H](c2cc(C)cc(C(F)(F)F)c2)C12CC2. The first-order chi connectivity index (χ1) is 44.4. The first-order valence-corrected chi connectivity index (χ1v) is 29.9. The highest BCUT2D eigenvalue weighted by Crippen LogP contribution is 2.60. The Morgan fingerprint density at radius 2 is 0.904 bits per heavy atom. The third kappa shape index (κ3) is 12.6. The first-order valence-electron chi connectivity index (χ1n) is 29.9. The fourth-order valence-electron chi connectivity index (χ4n) is 12.6. The van der Waals surface area contributed by atoms with E-state index in [-0.39, 0.29) is 24.2 Å². The maximum absolute atomic E-state index is 13.7. The third-order valence-corrected chi connectivity index (χ3v) is 17.6. The van der Waals surface area contributed by atoms with E-state index in [1.807, 2.05) is 38.1 Å². The van der Waals surface area contributed by atoms with E-state index in [9.17, 15) is 55.7 Å². The second kappa shape index (κ2) is 24.7. The van der Waals surface area contributed by atoms with Crippen LogP contribution in [0.25, 0.3) is 44.5 Å². The number of carboxylic acids is 2. The summed E-state index contributed by atoms with van der Waals surface area (Å²) < 4.78 is 105. The molecule has 2 saturated heterocycles. The van der Waals surface area contributed by atoms with Crippen LogP contribution in [0.1, 0.15) is 115 Å². The molecule has 4 fully saturated rings. The molecule has 488 valence electrons. The molecule has 6 aromatic carbocycles. The molecule has 2 aliphatic heterocycles. The minimum atomic E-state index is -4.54. The first kappa shape index (κ1) is 65.2. The van der Waals surface area contributed by atoms with Crippen LogP contribution in [-0.2, 0) is 34.9 Å². The van der Waals surface area contributed by atoms with Crippen molar-refractivity contribution in [1.82, 2.24) is 29.7 Å². The van der Waals surface area contributed by atoms with Crippen molar-refractivity contribution in [2.75, 3.05) is 52.2 Å². The van der Waals surface area contributed by atoms with E-state index in [0.717, 1.165) is 57.6 Å². The number of anilines is 2. The van der Waals surface area contributed by atoms with Gasteiger partial charge in [-0.15, -0.1) is 0 Å². The number of alkyl halides is 6. The topological polar surface area (TPSA) is 210 Å². The summed E-state index contributed by atoms with van der Waals surface area (Å²) in [5.41, 5.74) is 6.90. The van der Waals surface area contributed by atoms with E-state index in [4.69, 9.17) is 28.9 Å². The van der Waals surface area contributed by atoms with E-state index >= 15 is 0 Å². The summed E-state index contributed by atoms with van der Waals surface area (Å²) in [7, 11) is 10.3. The number of methoxy groups -OCH3 is 2. The van der Waals surface area contributed by atoms with Gasteiger partial charge in [0.2, 0.25) is 11.9 Å². The van der Waals surface area contributed by atoms with Crippen molar-refractivity contribution in [2.45, 2.75) is 102 Å². The van der Waals surface area contributed by atoms with E-state index in [0.29, 0.717) is 105 Å². The van der Waals surface area contributed by atoms with Crippen LogP contribution in [0.2, 0.25) is 0 Å². The summed E-state index contributed by atoms with van der Waals surface area (Å²) in [6, 6.07) is 28.6. The number of halogens is 6. The number of aromatic nitrogens is 4. The van der Waals surface area contributed by atoms with Gasteiger partial charge in [0, 0.05) is 62.8 Å². The van der Waals surface area contributed by atoms with Gasteiger partial charge in [0.25, 0.3) is 0 Å². The highest BCUT2D eigenvalue weighted by Gasteiger charge is 2.65. The molecule has 0 unspecified atom stereocenters. The molecule has 2 saturated carbocycles. The Morgan fingerprint density at radius 3 is 1.21 bits per heavy atom. The minimum Gasteiger partial charge on any atom is -0.496 e. The van der Waals surface area contributed by atoms with Crippen molar-refractivity contribution in [3.05, 3.63) is 189 Å². The van der Waals surface area contributed by atoms with Gasteiger partial charge in [-0.05, 0) is 171 Å². The van der Waals surface area contributed by atoms with Gasteiger partial charge >= 0.3 is 36.5 Å². The van der Waals surface area contributed by atoms with Crippen molar-refractivity contribution < 1.29 is 74.7 Å². The van der Waals surface area contributed by atoms with Gasteiger partial charge < -0.3 is 39.0 Å². The lowest BCUT2D eigenvalue weighted by Gasteiger charge is -2.26. The lowest BCUT2D eigenvalue weighted by atomic mass is 9.94. The molecule has 4 aliphatic rings. The number of nitrogens with zero attached hydrogens (tertiary/aromatic N) is 8. The quantitative estimate of drug-likeness (QED) is 0.0862. The lowest BCUT2D eigenvalue weighted by Crippen LogP contribution is -2.36. The van der Waals surface area contributed by atoms with Crippen molar-refractivity contribution >= 4 is 36.0 Å². The molecule has 4 heterocycles. The van der Waals surface area contributed by atoms with Gasteiger partial charge in [0.05, 0.1) is 72.0 Å². The van der Waals surface area contributed by atoms with Crippen LogP contribution in [0, 0.1) is 27.7 Å². The Kier molecular flexibility index (Phi) is 17.1. The number of hydrogen-bond donors (Lipinski definition) is 2. The minimum absolute atomic E-state index is 0.0195. The third-order valence-electron chi connectivity index (χ3n) is 17.6. The van der Waals surface area contributed by atoms with E-state index in [2.05, 4.69) is 9.97 Å². The van der Waals surface area contributed by atoms with Crippen molar-refractivity contribution in [1.29, 1.82) is 0 Å². The maximum Gasteiger partial charge on any atom is 0.416 e. The second-order valence-electron chi connectivity index (χ2n) is 24.5. The molecule has 2 aliphatic carbocycles. The number of amides is 2. The monoisotopic (exact) mass is 1290 g/mol. The predicted molar refractivity (Wildman–Crippen MR) is 337 cm³/mol. The van der Waals surface area contributed by atoms with Crippen molar-refractivity contribution in [3.8, 4) is 56.0 Å². The maximum atomic E-state index is 13.7. The number of aromatic carboxylic acids is 2. The van der Waals surface area contributed by atoms with Crippen LogP contribution in [0.4, 0.5) is 47.8 Å². The number of carbonyl (C=O) groups is 4. The van der Waals surface area contributed by atoms with Crippen LogP contribution in [0.3, 0.4) is 0 Å². The Morgan fingerprint density at radius 1 is 0.532 bits per heavy atom. The van der Waals surface area contributed by atoms with Gasteiger partial charge in [-0.1, -0.05) is 47.5 Å². The Bertz CT molecular complexity index is 4080. The summed E-state index contributed by atoms with van der Waals surface area (Å²) in [4.78, 5) is 75.3. The van der Waals surface area contributed by atoms with Crippen LogP contribution >= 0.6 is 0 Å². The van der Waals surface area contributed by atoms with E-state index in [1.165, 1.54) is 0 Å². The molecule has 2 spiro atoms. The van der Waals surface area contributed by atoms with Crippen molar-refractivity contribution in [2.24, 2.45) is 0 Å². The number of ether oxygens (including phenoxy) is 4. The fourth-order valence-corrected chi connectivity index (χ4v) is 12.6. The Labute approximate surface area is 537 Å². The molecule has 8 aromatic rings. The number of carboxylic acid groups (broad SMARTS) is 2. The highest BCUT2D eigenvalue weighted by atomic mass is 19.4. The molecule has 2 amide bonds. The zero-order valence-electron chi connectivity index (χ0n) is 53.0. The van der Waals surface area contributed by atoms with Crippen LogP contribution < -0.4 is 19.3 Å². The van der Waals surface area contributed by atoms with Gasteiger partial charge in [0.15, 0.2) is 12.2 Å². The van der Waals surface area contributed by atoms with Crippen LogP contribution in [0.15, 0.2) is 122 Å².